The Kier molecular flexibility index (Phi) is 6.66. The summed E-state index contributed by atoms with van der Waals surface area (Å²) >= 11 is 0. The molecule has 0 N–H and O–H groups in total. The van der Waals surface area contributed by atoms with Gasteiger partial charge in [0.15, 0.2) is 6.29 Å². The number of aryl methyl sites for hydroxylation is 1. The molecule has 0 radical (unpaired) electrons. The number of nitrogens with zero attached hydrogens (tertiary/aromatic N) is 2. The van der Waals surface area contributed by atoms with E-state index in [9.17, 15) is 4.79 Å². The summed E-state index contributed by atoms with van der Waals surface area (Å²) in [5.41, 5.74) is 1.54. The molecule has 1 rings (SSSR count). The largest absolute Gasteiger partial charge is 0.383 e. The number of ether oxygens (including phenoxy) is 1. The van der Waals surface area contributed by atoms with Crippen molar-refractivity contribution in [3.05, 3.63) is 17.5 Å². The van der Waals surface area contributed by atoms with Gasteiger partial charge in [0.2, 0.25) is 0 Å². The van der Waals surface area contributed by atoms with Crippen molar-refractivity contribution in [1.82, 2.24) is 9.78 Å². The van der Waals surface area contributed by atoms with Gasteiger partial charge in [-0.1, -0.05) is 13.8 Å². The molecule has 4 heteroatoms. The second-order valence-electron chi connectivity index (χ2n) is 2.55. The fourth-order valence-corrected chi connectivity index (χ4v) is 0.998. The van der Waals surface area contributed by atoms with Crippen molar-refractivity contribution in [2.45, 2.75) is 27.3 Å². The van der Waals surface area contributed by atoms with E-state index in [1.54, 1.807) is 18.0 Å². The van der Waals surface area contributed by atoms with Gasteiger partial charge >= 0.3 is 0 Å². The molecule has 1 heterocycles. The number of carbonyl (C=O) groups is 1. The molecule has 0 amide bonds. The van der Waals surface area contributed by atoms with Gasteiger partial charge in [0.1, 0.15) is 5.69 Å². The summed E-state index contributed by atoms with van der Waals surface area (Å²) in [6.07, 6.45) is 2.50. The summed E-state index contributed by atoms with van der Waals surface area (Å²) in [5, 5.41) is 4.03. The Morgan fingerprint density at radius 3 is 2.71 bits per heavy atom. The first kappa shape index (κ1) is 12.8. The van der Waals surface area contributed by atoms with Crippen LogP contribution in [-0.4, -0.2) is 29.8 Å². The van der Waals surface area contributed by atoms with Crippen LogP contribution >= 0.6 is 0 Å². The number of aromatic nitrogens is 2. The molecule has 0 saturated heterocycles. The van der Waals surface area contributed by atoms with Crippen molar-refractivity contribution in [2.24, 2.45) is 0 Å². The van der Waals surface area contributed by atoms with Gasteiger partial charge in [-0.25, -0.2) is 0 Å². The molecule has 4 nitrogen and oxygen atoms in total. The molecule has 0 atom stereocenters. The number of methoxy groups -OCH3 is 1. The second-order valence-corrected chi connectivity index (χ2v) is 2.55. The van der Waals surface area contributed by atoms with Gasteiger partial charge in [0.05, 0.1) is 19.3 Å². The van der Waals surface area contributed by atoms with Crippen LogP contribution in [0.5, 0.6) is 0 Å². The van der Waals surface area contributed by atoms with Crippen molar-refractivity contribution < 1.29 is 9.53 Å². The van der Waals surface area contributed by atoms with E-state index in [0.717, 1.165) is 11.8 Å². The smallest absolute Gasteiger partial charge is 0.168 e. The lowest BCUT2D eigenvalue weighted by molar-refractivity contribution is 0.111. The van der Waals surface area contributed by atoms with Crippen molar-refractivity contribution in [2.75, 3.05) is 13.7 Å². The van der Waals surface area contributed by atoms with Crippen molar-refractivity contribution in [3.8, 4) is 0 Å². The molecule has 0 unspecified atom stereocenters. The number of rotatable bonds is 4. The average molecular weight is 198 g/mol. The minimum Gasteiger partial charge on any atom is -0.383 e. The SMILES string of the molecule is CC.COCCn1ncc(C)c1C=O. The van der Waals surface area contributed by atoms with E-state index in [4.69, 9.17) is 4.74 Å². The van der Waals surface area contributed by atoms with E-state index in [0.29, 0.717) is 18.8 Å². The number of hydrogen-bond acceptors (Lipinski definition) is 3. The topological polar surface area (TPSA) is 44.1 Å². The summed E-state index contributed by atoms with van der Waals surface area (Å²) in [5.74, 6) is 0. The van der Waals surface area contributed by atoms with E-state index < -0.39 is 0 Å². The quantitative estimate of drug-likeness (QED) is 0.691. The maximum atomic E-state index is 10.6. The van der Waals surface area contributed by atoms with E-state index in [1.807, 2.05) is 20.8 Å². The third kappa shape index (κ3) is 3.30. The average Bonchev–Trinajstić information content (AvgIpc) is 2.59. The molecule has 14 heavy (non-hydrogen) atoms. The van der Waals surface area contributed by atoms with Gasteiger partial charge in [-0.2, -0.15) is 5.10 Å². The van der Waals surface area contributed by atoms with Gasteiger partial charge < -0.3 is 4.74 Å². The maximum Gasteiger partial charge on any atom is 0.168 e. The lowest BCUT2D eigenvalue weighted by Gasteiger charge is -2.01. The highest BCUT2D eigenvalue weighted by Crippen LogP contribution is 2.03. The maximum absolute atomic E-state index is 10.6. The van der Waals surface area contributed by atoms with Crippen molar-refractivity contribution in [1.29, 1.82) is 0 Å². The van der Waals surface area contributed by atoms with E-state index in [1.165, 1.54) is 0 Å². The first-order valence-electron chi connectivity index (χ1n) is 4.76. The van der Waals surface area contributed by atoms with Gasteiger partial charge in [-0.05, 0) is 12.5 Å². The Morgan fingerprint density at radius 2 is 2.21 bits per heavy atom. The van der Waals surface area contributed by atoms with Crippen LogP contribution in [0.25, 0.3) is 0 Å². The van der Waals surface area contributed by atoms with Crippen LogP contribution in [0.2, 0.25) is 0 Å². The fourth-order valence-electron chi connectivity index (χ4n) is 0.998. The monoisotopic (exact) mass is 198 g/mol. The standard InChI is InChI=1S/C8H12N2O2.C2H6/c1-7-5-9-10(3-4-12-2)8(7)6-11;1-2/h5-6H,3-4H2,1-2H3;1-2H3. The highest BCUT2D eigenvalue weighted by Gasteiger charge is 2.04. The van der Waals surface area contributed by atoms with Gasteiger partial charge in [-0.3, -0.25) is 9.48 Å². The van der Waals surface area contributed by atoms with Crippen LogP contribution in [0.15, 0.2) is 6.20 Å². The Hall–Kier alpha value is -1.16. The molecule has 0 spiro atoms. The summed E-state index contributed by atoms with van der Waals surface area (Å²) in [4.78, 5) is 10.6. The zero-order valence-corrected chi connectivity index (χ0v) is 9.28. The Bertz CT molecular complexity index is 269. The number of aldehydes is 1. The molecule has 1 aromatic rings. The molecular weight excluding hydrogens is 180 g/mol. The minimum absolute atomic E-state index is 0.571. The molecule has 0 saturated carbocycles. The van der Waals surface area contributed by atoms with Crippen LogP contribution in [0.1, 0.15) is 29.9 Å². The van der Waals surface area contributed by atoms with Crippen LogP contribution in [0, 0.1) is 6.92 Å². The molecule has 0 aliphatic heterocycles. The third-order valence-electron chi connectivity index (χ3n) is 1.69. The highest BCUT2D eigenvalue weighted by molar-refractivity contribution is 5.74. The first-order chi connectivity index (χ1) is 6.79. The van der Waals surface area contributed by atoms with Gasteiger partial charge in [0, 0.05) is 7.11 Å². The van der Waals surface area contributed by atoms with Crippen LogP contribution < -0.4 is 0 Å². The lowest BCUT2D eigenvalue weighted by atomic mass is 10.3. The Balaban J connectivity index is 0.000000791. The fraction of sp³-hybridized carbons (Fsp3) is 0.600. The zero-order valence-electron chi connectivity index (χ0n) is 9.28. The number of hydrogen-bond donors (Lipinski definition) is 0. The zero-order chi connectivity index (χ0) is 11.0. The lowest BCUT2D eigenvalue weighted by Crippen LogP contribution is -2.09. The van der Waals surface area contributed by atoms with Crippen molar-refractivity contribution >= 4 is 6.29 Å². The summed E-state index contributed by atoms with van der Waals surface area (Å²) < 4.78 is 6.52. The summed E-state index contributed by atoms with van der Waals surface area (Å²) in [6.45, 7) is 7.06. The van der Waals surface area contributed by atoms with E-state index in [-0.39, 0.29) is 0 Å². The first-order valence-corrected chi connectivity index (χ1v) is 4.76. The Labute approximate surface area is 84.9 Å². The molecule has 0 aromatic carbocycles. The minimum atomic E-state index is 0.571. The number of carbonyl (C=O) groups excluding carboxylic acids is 1. The van der Waals surface area contributed by atoms with Crippen LogP contribution in [-0.2, 0) is 11.3 Å². The highest BCUT2D eigenvalue weighted by atomic mass is 16.5. The molecule has 80 valence electrons. The third-order valence-corrected chi connectivity index (χ3v) is 1.69. The molecular formula is C10H18N2O2. The van der Waals surface area contributed by atoms with Crippen LogP contribution in [0.3, 0.4) is 0 Å². The predicted molar refractivity (Wildman–Crippen MR) is 55.6 cm³/mol. The normalized spacial score (nSPS) is 9.14. The molecule has 0 aliphatic carbocycles. The van der Waals surface area contributed by atoms with Crippen LogP contribution in [0.4, 0.5) is 0 Å². The Morgan fingerprint density at radius 1 is 1.57 bits per heavy atom. The predicted octanol–water partition coefficient (Wildman–Crippen LogP) is 1.68. The molecule has 0 aliphatic rings. The summed E-state index contributed by atoms with van der Waals surface area (Å²) in [7, 11) is 1.62. The summed E-state index contributed by atoms with van der Waals surface area (Å²) in [6, 6.07) is 0. The molecule has 0 fully saturated rings. The molecule has 0 bridgehead atoms. The molecule has 1 aromatic heterocycles. The van der Waals surface area contributed by atoms with Gasteiger partial charge in [-0.15, -0.1) is 0 Å². The van der Waals surface area contributed by atoms with Crippen molar-refractivity contribution in [3.63, 3.8) is 0 Å². The second kappa shape index (κ2) is 7.26. The van der Waals surface area contributed by atoms with E-state index in [2.05, 4.69) is 5.10 Å². The van der Waals surface area contributed by atoms with Gasteiger partial charge in [0.25, 0.3) is 0 Å². The van der Waals surface area contributed by atoms with E-state index >= 15 is 0 Å².